The number of esters is 1. The Morgan fingerprint density at radius 2 is 1.25 bits per heavy atom. The van der Waals surface area contributed by atoms with E-state index >= 15 is 0 Å². The lowest BCUT2D eigenvalue weighted by molar-refractivity contribution is -0.161. The van der Waals surface area contributed by atoms with Crippen molar-refractivity contribution in [3.8, 4) is 0 Å². The number of ether oxygens (including phenoxy) is 2. The summed E-state index contributed by atoms with van der Waals surface area (Å²) in [5.74, 6) is -4.11. The minimum atomic E-state index is -1.41. The molecule has 1 aliphatic heterocycles. The summed E-state index contributed by atoms with van der Waals surface area (Å²) in [4.78, 5) is 95.5. The lowest BCUT2D eigenvalue weighted by Crippen LogP contribution is -2.59. The van der Waals surface area contributed by atoms with Crippen LogP contribution in [0.15, 0.2) is 60.7 Å². The fourth-order valence-corrected chi connectivity index (χ4v) is 6.56. The average Bonchev–Trinajstić information content (AvgIpc) is 3.64. The van der Waals surface area contributed by atoms with Gasteiger partial charge in [0.2, 0.25) is 29.5 Å². The maximum absolute atomic E-state index is 14.0. The third-order valence-electron chi connectivity index (χ3n) is 9.25. The van der Waals surface area contributed by atoms with Gasteiger partial charge in [0.1, 0.15) is 35.4 Å². The molecule has 60 heavy (non-hydrogen) atoms. The molecule has 330 valence electrons. The molecular weight excluding hydrogens is 773 g/mol. The molecule has 16 nitrogen and oxygen atoms in total. The van der Waals surface area contributed by atoms with Crippen molar-refractivity contribution in [2.45, 2.75) is 142 Å². The first-order valence-corrected chi connectivity index (χ1v) is 20.5. The first kappa shape index (κ1) is 48.9. The van der Waals surface area contributed by atoms with Crippen LogP contribution in [0.5, 0.6) is 0 Å². The van der Waals surface area contributed by atoms with E-state index in [1.165, 1.54) is 11.8 Å². The molecule has 0 saturated carbocycles. The van der Waals surface area contributed by atoms with Crippen molar-refractivity contribution in [1.82, 2.24) is 31.5 Å². The van der Waals surface area contributed by atoms with E-state index in [-0.39, 0.29) is 31.7 Å². The fourth-order valence-electron chi connectivity index (χ4n) is 6.56. The molecule has 6 atom stereocenters. The number of rotatable bonds is 18. The summed E-state index contributed by atoms with van der Waals surface area (Å²) in [7, 11) is 0. The SMILES string of the molecule is CC(C)C[C@H](NC(=O)[C@H](Cc1ccccc1)NC(=O)CNC(=O)[C@@H]1CCCN1C(=O)[C@H](Cc1ccccc1)NC(=O)OC(C)(C)C)C(=O)N[C@H](C(=O)OC(C)(C)C)[C@@H](C)O. The van der Waals surface area contributed by atoms with E-state index in [0.717, 1.165) is 5.56 Å². The van der Waals surface area contributed by atoms with Gasteiger partial charge < -0.3 is 46.1 Å². The van der Waals surface area contributed by atoms with Crippen LogP contribution in [-0.4, -0.2) is 112 Å². The molecule has 1 heterocycles. The number of nitrogens with one attached hydrogen (secondary N) is 5. The van der Waals surface area contributed by atoms with E-state index in [1.807, 2.05) is 44.2 Å². The van der Waals surface area contributed by atoms with Crippen LogP contribution in [0.25, 0.3) is 0 Å². The van der Waals surface area contributed by atoms with Gasteiger partial charge in [0.25, 0.3) is 0 Å². The predicted octanol–water partition coefficient (Wildman–Crippen LogP) is 2.70. The normalized spacial score (nSPS) is 16.6. The molecule has 0 unspecified atom stereocenters. The highest BCUT2D eigenvalue weighted by molar-refractivity contribution is 5.96. The lowest BCUT2D eigenvalue weighted by Gasteiger charge is -2.29. The third kappa shape index (κ3) is 16.6. The van der Waals surface area contributed by atoms with Crippen LogP contribution in [0, 0.1) is 5.92 Å². The molecule has 0 bridgehead atoms. The van der Waals surface area contributed by atoms with E-state index < -0.39 is 95.7 Å². The van der Waals surface area contributed by atoms with E-state index in [9.17, 15) is 38.7 Å². The molecule has 2 aromatic carbocycles. The van der Waals surface area contributed by atoms with Crippen LogP contribution in [0.4, 0.5) is 4.79 Å². The van der Waals surface area contributed by atoms with E-state index in [1.54, 1.807) is 71.9 Å². The minimum absolute atomic E-state index is 0.0366. The van der Waals surface area contributed by atoms with Gasteiger partial charge in [0.05, 0.1) is 12.6 Å². The first-order valence-electron chi connectivity index (χ1n) is 20.5. The van der Waals surface area contributed by atoms with Gasteiger partial charge >= 0.3 is 12.1 Å². The Morgan fingerprint density at radius 1 is 0.717 bits per heavy atom. The number of carbonyl (C=O) groups is 7. The third-order valence-corrected chi connectivity index (χ3v) is 9.25. The van der Waals surface area contributed by atoms with Crippen LogP contribution in [-0.2, 0) is 51.1 Å². The first-order chi connectivity index (χ1) is 28.0. The second-order valence-corrected chi connectivity index (χ2v) is 17.6. The maximum Gasteiger partial charge on any atom is 0.408 e. The summed E-state index contributed by atoms with van der Waals surface area (Å²) in [6, 6.07) is 12.3. The van der Waals surface area contributed by atoms with Gasteiger partial charge in [-0.25, -0.2) is 9.59 Å². The van der Waals surface area contributed by atoms with Crippen LogP contribution in [0.3, 0.4) is 0 Å². The number of likely N-dealkylation sites (tertiary alicyclic amines) is 1. The Balaban J connectivity index is 1.74. The zero-order valence-corrected chi connectivity index (χ0v) is 36.3. The molecule has 0 radical (unpaired) electrons. The molecule has 16 heteroatoms. The number of alkyl carbamates (subject to hydrolysis) is 1. The minimum Gasteiger partial charge on any atom is -0.458 e. The molecule has 2 aromatic rings. The monoisotopic (exact) mass is 836 g/mol. The van der Waals surface area contributed by atoms with Gasteiger partial charge in [-0.2, -0.15) is 0 Å². The number of amides is 6. The van der Waals surface area contributed by atoms with Gasteiger partial charge in [0.15, 0.2) is 6.04 Å². The number of hydrogen-bond acceptors (Lipinski definition) is 10. The summed E-state index contributed by atoms with van der Waals surface area (Å²) in [5.41, 5.74) is -0.198. The van der Waals surface area contributed by atoms with Crippen molar-refractivity contribution >= 4 is 41.6 Å². The molecule has 3 rings (SSSR count). The highest BCUT2D eigenvalue weighted by atomic mass is 16.6. The Labute approximate surface area is 353 Å². The molecule has 0 spiro atoms. The summed E-state index contributed by atoms with van der Waals surface area (Å²) in [5, 5.41) is 23.5. The molecule has 6 N–H and O–H groups in total. The number of aliphatic hydroxyl groups excluding tert-OH is 1. The zero-order chi connectivity index (χ0) is 44.8. The van der Waals surface area contributed by atoms with Gasteiger partial charge in [-0.15, -0.1) is 0 Å². The largest absolute Gasteiger partial charge is 0.458 e. The highest BCUT2D eigenvalue weighted by Gasteiger charge is 2.39. The topological polar surface area (TPSA) is 222 Å². The van der Waals surface area contributed by atoms with Gasteiger partial charge in [-0.1, -0.05) is 74.5 Å². The summed E-state index contributed by atoms with van der Waals surface area (Å²) >= 11 is 0. The number of hydrogen-bond donors (Lipinski definition) is 6. The Hall–Kier alpha value is -5.51. The Morgan fingerprint density at radius 3 is 1.77 bits per heavy atom. The number of benzene rings is 2. The second-order valence-electron chi connectivity index (χ2n) is 17.6. The molecule has 0 aliphatic carbocycles. The standard InChI is InChI=1S/C44H64N6O10/c1-27(2)23-31(38(54)49-36(28(3)51)41(57)59-43(4,5)6)47-37(53)32(24-29-17-12-10-13-18-29)46-35(52)26-45-39(55)34-21-16-22-50(34)40(56)33(25-30-19-14-11-15-20-30)48-42(58)60-44(7,8)9/h10-15,17-20,27-28,31-34,36,51H,16,21-26H2,1-9H3,(H,45,55)(H,46,52)(H,47,53)(H,48,58)(H,49,54)/t28-,31+,32+,33+,34+,36+/m1/s1. The van der Waals surface area contributed by atoms with Crippen molar-refractivity contribution in [2.24, 2.45) is 5.92 Å². The molecule has 0 aromatic heterocycles. The fraction of sp³-hybridized carbons (Fsp3) is 0.568. The van der Waals surface area contributed by atoms with Crippen LogP contribution in [0.2, 0.25) is 0 Å². The zero-order valence-electron chi connectivity index (χ0n) is 36.3. The quantitative estimate of drug-likeness (QED) is 0.121. The van der Waals surface area contributed by atoms with Crippen molar-refractivity contribution in [3.05, 3.63) is 71.8 Å². The van der Waals surface area contributed by atoms with Gasteiger partial charge in [-0.3, -0.25) is 24.0 Å². The molecular formula is C44H64N6O10. The van der Waals surface area contributed by atoms with Crippen molar-refractivity contribution in [2.75, 3.05) is 13.1 Å². The van der Waals surface area contributed by atoms with Crippen molar-refractivity contribution < 1.29 is 48.1 Å². The van der Waals surface area contributed by atoms with Crippen LogP contribution >= 0.6 is 0 Å². The number of carbonyl (C=O) groups excluding carboxylic acids is 7. The van der Waals surface area contributed by atoms with Gasteiger partial charge in [0, 0.05) is 19.4 Å². The van der Waals surface area contributed by atoms with E-state index in [4.69, 9.17) is 9.47 Å². The predicted molar refractivity (Wildman–Crippen MR) is 224 cm³/mol. The van der Waals surface area contributed by atoms with Crippen molar-refractivity contribution in [1.29, 1.82) is 0 Å². The van der Waals surface area contributed by atoms with Crippen LogP contribution in [0.1, 0.15) is 92.7 Å². The second kappa shape index (κ2) is 22.2. The Kier molecular flexibility index (Phi) is 18.1. The molecule has 1 aliphatic rings. The molecule has 1 fully saturated rings. The highest BCUT2D eigenvalue weighted by Crippen LogP contribution is 2.21. The summed E-state index contributed by atoms with van der Waals surface area (Å²) in [6.45, 7) is 14.8. The summed E-state index contributed by atoms with van der Waals surface area (Å²) < 4.78 is 10.8. The Bertz CT molecular complexity index is 1770. The van der Waals surface area contributed by atoms with Crippen LogP contribution < -0.4 is 26.6 Å². The van der Waals surface area contributed by atoms with E-state index in [2.05, 4.69) is 26.6 Å². The van der Waals surface area contributed by atoms with E-state index in [0.29, 0.717) is 18.4 Å². The molecule has 1 saturated heterocycles. The lowest BCUT2D eigenvalue weighted by atomic mass is 10.0. The number of aliphatic hydroxyl groups is 1. The number of nitrogens with zero attached hydrogens (tertiary/aromatic N) is 1. The average molecular weight is 837 g/mol. The molecule has 6 amide bonds. The smallest absolute Gasteiger partial charge is 0.408 e. The maximum atomic E-state index is 14.0. The van der Waals surface area contributed by atoms with Crippen molar-refractivity contribution in [3.63, 3.8) is 0 Å². The summed E-state index contributed by atoms with van der Waals surface area (Å²) in [6.07, 6.45) is -0.887. The van der Waals surface area contributed by atoms with Gasteiger partial charge in [-0.05, 0) is 84.8 Å².